The summed E-state index contributed by atoms with van der Waals surface area (Å²) in [5, 5.41) is 3.41. The predicted molar refractivity (Wildman–Crippen MR) is 92.7 cm³/mol. The fourth-order valence-corrected chi connectivity index (χ4v) is 2.77. The van der Waals surface area contributed by atoms with Crippen molar-refractivity contribution in [1.29, 1.82) is 0 Å². The Kier molecular flexibility index (Phi) is 5.41. The minimum Gasteiger partial charge on any atom is -0.438 e. The highest BCUT2D eigenvalue weighted by Gasteiger charge is 2.10. The first-order valence-corrected chi connectivity index (χ1v) is 8.26. The first-order valence-electron chi connectivity index (χ1n) is 6.67. The number of hydrogen-bond acceptors (Lipinski definition) is 3. The normalized spacial score (nSPS) is 11.5. The summed E-state index contributed by atoms with van der Waals surface area (Å²) in [7, 11) is 0. The second-order valence-corrected chi connectivity index (χ2v) is 7.52. The van der Waals surface area contributed by atoms with Gasteiger partial charge in [0.2, 0.25) is 5.88 Å². The van der Waals surface area contributed by atoms with Crippen molar-refractivity contribution in [1.82, 2.24) is 10.3 Å². The lowest BCUT2D eigenvalue weighted by atomic mass is 10.1. The van der Waals surface area contributed by atoms with E-state index < -0.39 is 0 Å². The number of rotatable bonds is 4. The van der Waals surface area contributed by atoms with E-state index >= 15 is 0 Å². The molecule has 0 saturated carbocycles. The minimum atomic E-state index is 0.0628. The molecule has 2 aromatic rings. The SMILES string of the molecule is CC(C)(C)NCc1cccc(Oc2ccc(Br)cc2Br)n1. The molecule has 0 amide bonds. The summed E-state index contributed by atoms with van der Waals surface area (Å²) in [5.74, 6) is 1.33. The number of aromatic nitrogens is 1. The highest BCUT2D eigenvalue weighted by Crippen LogP contribution is 2.31. The Hall–Kier alpha value is -0.910. The lowest BCUT2D eigenvalue weighted by molar-refractivity contribution is 0.415. The van der Waals surface area contributed by atoms with Crippen LogP contribution in [0, 0.1) is 0 Å². The van der Waals surface area contributed by atoms with Crippen molar-refractivity contribution in [3.63, 3.8) is 0 Å². The summed E-state index contributed by atoms with van der Waals surface area (Å²) in [6.07, 6.45) is 0. The Morgan fingerprint density at radius 1 is 1.14 bits per heavy atom. The molecule has 0 aliphatic heterocycles. The monoisotopic (exact) mass is 412 g/mol. The fourth-order valence-electron chi connectivity index (χ4n) is 1.64. The van der Waals surface area contributed by atoms with Gasteiger partial charge in [-0.2, -0.15) is 0 Å². The van der Waals surface area contributed by atoms with Gasteiger partial charge in [-0.3, -0.25) is 0 Å². The lowest BCUT2D eigenvalue weighted by Crippen LogP contribution is -2.35. The number of hydrogen-bond donors (Lipinski definition) is 1. The van der Waals surface area contributed by atoms with Crippen LogP contribution in [0.15, 0.2) is 45.3 Å². The number of pyridine rings is 1. The summed E-state index contributed by atoms with van der Waals surface area (Å²) < 4.78 is 7.71. The van der Waals surface area contributed by atoms with Crippen LogP contribution < -0.4 is 10.1 Å². The molecule has 0 aliphatic carbocycles. The average molecular weight is 414 g/mol. The molecule has 5 heteroatoms. The highest BCUT2D eigenvalue weighted by molar-refractivity contribution is 9.11. The number of benzene rings is 1. The Morgan fingerprint density at radius 3 is 2.57 bits per heavy atom. The molecule has 1 N–H and O–H groups in total. The van der Waals surface area contributed by atoms with Gasteiger partial charge in [-0.1, -0.05) is 22.0 Å². The van der Waals surface area contributed by atoms with Crippen LogP contribution in [0.2, 0.25) is 0 Å². The van der Waals surface area contributed by atoms with E-state index in [4.69, 9.17) is 4.74 Å². The summed E-state index contributed by atoms with van der Waals surface area (Å²) in [6.45, 7) is 7.10. The van der Waals surface area contributed by atoms with Crippen LogP contribution >= 0.6 is 31.9 Å². The number of halogens is 2. The summed E-state index contributed by atoms with van der Waals surface area (Å²) >= 11 is 6.91. The molecule has 0 fully saturated rings. The van der Waals surface area contributed by atoms with Gasteiger partial charge in [0.25, 0.3) is 0 Å². The van der Waals surface area contributed by atoms with Gasteiger partial charge >= 0.3 is 0 Å². The second-order valence-electron chi connectivity index (χ2n) is 5.75. The first-order chi connectivity index (χ1) is 9.83. The summed E-state index contributed by atoms with van der Waals surface area (Å²) in [6, 6.07) is 11.6. The third-order valence-electron chi connectivity index (χ3n) is 2.69. The van der Waals surface area contributed by atoms with Gasteiger partial charge in [-0.15, -0.1) is 0 Å². The third kappa shape index (κ3) is 5.41. The topological polar surface area (TPSA) is 34.1 Å². The maximum atomic E-state index is 5.83. The second kappa shape index (κ2) is 6.90. The molecule has 0 unspecified atom stereocenters. The van der Waals surface area contributed by atoms with Crippen molar-refractivity contribution in [2.45, 2.75) is 32.9 Å². The van der Waals surface area contributed by atoms with E-state index in [1.54, 1.807) is 0 Å². The van der Waals surface area contributed by atoms with Crippen molar-refractivity contribution >= 4 is 31.9 Å². The van der Waals surface area contributed by atoms with Crippen LogP contribution in [0.1, 0.15) is 26.5 Å². The molecule has 1 aromatic heterocycles. The summed E-state index contributed by atoms with van der Waals surface area (Å²) in [5.41, 5.74) is 1.02. The largest absolute Gasteiger partial charge is 0.438 e. The lowest BCUT2D eigenvalue weighted by Gasteiger charge is -2.20. The zero-order chi connectivity index (χ0) is 15.5. The molecule has 0 aliphatic rings. The highest BCUT2D eigenvalue weighted by atomic mass is 79.9. The molecule has 1 heterocycles. The Morgan fingerprint density at radius 2 is 1.90 bits per heavy atom. The standard InChI is InChI=1S/C16H18Br2N2O/c1-16(2,3)19-10-12-5-4-6-15(20-12)21-14-8-7-11(17)9-13(14)18/h4-9,19H,10H2,1-3H3. The van der Waals surface area contributed by atoms with Crippen LogP contribution in [-0.4, -0.2) is 10.5 Å². The molecular formula is C16H18Br2N2O. The van der Waals surface area contributed by atoms with Gasteiger partial charge in [0.05, 0.1) is 10.2 Å². The maximum Gasteiger partial charge on any atom is 0.219 e. The Balaban J connectivity index is 2.10. The summed E-state index contributed by atoms with van der Waals surface area (Å²) in [4.78, 5) is 4.52. The van der Waals surface area contributed by atoms with Crippen LogP contribution in [0.3, 0.4) is 0 Å². The first kappa shape index (κ1) is 16.5. The fraction of sp³-hybridized carbons (Fsp3) is 0.312. The molecule has 2 rings (SSSR count). The quantitative estimate of drug-likeness (QED) is 0.739. The van der Waals surface area contributed by atoms with Gasteiger partial charge in [0.1, 0.15) is 5.75 Å². The van der Waals surface area contributed by atoms with Crippen molar-refractivity contribution in [2.75, 3.05) is 0 Å². The van der Waals surface area contributed by atoms with E-state index in [0.717, 1.165) is 20.4 Å². The van der Waals surface area contributed by atoms with E-state index in [0.29, 0.717) is 12.4 Å². The van der Waals surface area contributed by atoms with Crippen LogP contribution in [-0.2, 0) is 6.54 Å². The van der Waals surface area contributed by atoms with Gasteiger partial charge in [0.15, 0.2) is 0 Å². The van der Waals surface area contributed by atoms with Crippen molar-refractivity contribution < 1.29 is 4.74 Å². The van der Waals surface area contributed by atoms with Crippen molar-refractivity contribution in [3.05, 3.63) is 51.0 Å². The van der Waals surface area contributed by atoms with Crippen LogP contribution in [0.4, 0.5) is 0 Å². The van der Waals surface area contributed by atoms with Crippen molar-refractivity contribution in [2.24, 2.45) is 0 Å². The predicted octanol–water partition coefficient (Wildman–Crippen LogP) is 5.29. The molecule has 0 saturated heterocycles. The van der Waals surface area contributed by atoms with Gasteiger partial charge in [-0.05, 0) is 61.0 Å². The van der Waals surface area contributed by atoms with E-state index in [1.807, 2.05) is 36.4 Å². The third-order valence-corrected chi connectivity index (χ3v) is 3.80. The number of ether oxygens (including phenoxy) is 1. The van der Waals surface area contributed by atoms with Crippen molar-refractivity contribution in [3.8, 4) is 11.6 Å². The van der Waals surface area contributed by atoms with E-state index in [-0.39, 0.29) is 5.54 Å². The van der Waals surface area contributed by atoms with E-state index in [2.05, 4.69) is 62.9 Å². The van der Waals surface area contributed by atoms with Gasteiger partial charge in [-0.25, -0.2) is 4.98 Å². The minimum absolute atomic E-state index is 0.0628. The zero-order valence-electron chi connectivity index (χ0n) is 12.3. The number of nitrogens with one attached hydrogen (secondary N) is 1. The zero-order valence-corrected chi connectivity index (χ0v) is 15.5. The Labute approximate surface area is 142 Å². The maximum absolute atomic E-state index is 5.83. The molecule has 0 radical (unpaired) electrons. The molecule has 0 bridgehead atoms. The Bertz CT molecular complexity index is 624. The smallest absolute Gasteiger partial charge is 0.219 e. The van der Waals surface area contributed by atoms with E-state index in [1.165, 1.54) is 0 Å². The van der Waals surface area contributed by atoms with Crippen LogP contribution in [0.5, 0.6) is 11.6 Å². The molecule has 0 spiro atoms. The molecular weight excluding hydrogens is 396 g/mol. The van der Waals surface area contributed by atoms with Gasteiger partial charge < -0.3 is 10.1 Å². The molecule has 112 valence electrons. The van der Waals surface area contributed by atoms with E-state index in [9.17, 15) is 0 Å². The molecule has 21 heavy (non-hydrogen) atoms. The molecule has 1 aromatic carbocycles. The van der Waals surface area contributed by atoms with Gasteiger partial charge in [0, 0.05) is 22.6 Å². The van der Waals surface area contributed by atoms with Crippen LogP contribution in [0.25, 0.3) is 0 Å². The molecule has 3 nitrogen and oxygen atoms in total. The number of nitrogens with zero attached hydrogens (tertiary/aromatic N) is 1. The average Bonchev–Trinajstić information content (AvgIpc) is 2.39. The molecule has 0 atom stereocenters.